The van der Waals surface area contributed by atoms with Crippen LogP contribution in [0.4, 0.5) is 0 Å². The second kappa shape index (κ2) is 4.53. The maximum Gasteiger partial charge on any atom is -0.0386 e. The molecule has 0 aromatic carbocycles. The van der Waals surface area contributed by atoms with Crippen LogP contribution in [-0.4, -0.2) is 0 Å². The minimum absolute atomic E-state index is 1.08. The summed E-state index contributed by atoms with van der Waals surface area (Å²) >= 11 is 0. The van der Waals surface area contributed by atoms with Gasteiger partial charge in [0.15, 0.2) is 0 Å². The molecule has 0 nitrogen and oxygen atoms in total. The van der Waals surface area contributed by atoms with E-state index < -0.39 is 0 Å². The Bertz CT molecular complexity index is 247. The zero-order valence-corrected chi connectivity index (χ0v) is 12.1. The van der Waals surface area contributed by atoms with Crippen molar-refractivity contribution in [1.29, 1.82) is 0 Å². The van der Waals surface area contributed by atoms with Crippen molar-refractivity contribution in [2.45, 2.75) is 71.1 Å². The van der Waals surface area contributed by atoms with Gasteiger partial charge in [0.1, 0.15) is 0 Å². The summed E-state index contributed by atoms with van der Waals surface area (Å²) in [7, 11) is 0. The van der Waals surface area contributed by atoms with Crippen molar-refractivity contribution < 1.29 is 0 Å². The average Bonchev–Trinajstić information content (AvgIpc) is 2.89. The topological polar surface area (TPSA) is 0 Å². The highest BCUT2D eigenvalue weighted by atomic mass is 14.5. The van der Waals surface area contributed by atoms with Crippen LogP contribution in [0.15, 0.2) is 0 Å². The summed E-state index contributed by atoms with van der Waals surface area (Å²) in [5.74, 6) is 8.07. The Labute approximate surface area is 113 Å². The van der Waals surface area contributed by atoms with E-state index in [0.29, 0.717) is 0 Å². The van der Waals surface area contributed by atoms with Crippen LogP contribution in [0.1, 0.15) is 71.1 Å². The second-order valence-electron chi connectivity index (χ2n) is 8.53. The molecule has 6 fully saturated rings. The van der Waals surface area contributed by atoms with Crippen LogP contribution in [0.3, 0.4) is 0 Å². The Morgan fingerprint density at radius 3 is 1.22 bits per heavy atom. The van der Waals surface area contributed by atoms with Crippen molar-refractivity contribution in [2.24, 2.45) is 41.4 Å². The van der Waals surface area contributed by atoms with Crippen molar-refractivity contribution >= 4 is 0 Å². The molecule has 0 amide bonds. The molecule has 6 saturated carbocycles. The van der Waals surface area contributed by atoms with Gasteiger partial charge in [0.05, 0.1) is 0 Å². The van der Waals surface area contributed by atoms with Crippen LogP contribution in [-0.2, 0) is 0 Å². The molecule has 0 spiro atoms. The van der Waals surface area contributed by atoms with E-state index in [1.165, 1.54) is 23.7 Å². The molecule has 3 atom stereocenters. The lowest BCUT2D eigenvalue weighted by Crippen LogP contribution is -2.38. The standard InChI is InChI=1S/C10H16.C8H14/c1-7-2-9-4-8(1)5-10(3-7)6-9;1-6-4-7-2-3-8(6)5-7/h7-10H,1-6H2;6-8H,2-5H2,1H3. The van der Waals surface area contributed by atoms with Gasteiger partial charge in [-0.2, -0.15) is 0 Å². The van der Waals surface area contributed by atoms with Gasteiger partial charge in [-0.05, 0) is 99.2 Å². The zero-order chi connectivity index (χ0) is 12.1. The molecule has 0 saturated heterocycles. The third-order valence-electron chi connectivity index (χ3n) is 7.09. The molecule has 6 aliphatic rings. The summed E-state index contributed by atoms with van der Waals surface area (Å²) in [6.45, 7) is 2.42. The highest BCUT2D eigenvalue weighted by Gasteiger charge is 2.41. The van der Waals surface area contributed by atoms with E-state index in [-0.39, 0.29) is 0 Å². The van der Waals surface area contributed by atoms with Crippen molar-refractivity contribution in [3.63, 3.8) is 0 Å². The monoisotopic (exact) mass is 246 g/mol. The molecule has 0 aromatic heterocycles. The molecule has 0 N–H and O–H groups in total. The van der Waals surface area contributed by atoms with E-state index >= 15 is 0 Å². The third-order valence-corrected chi connectivity index (χ3v) is 7.09. The number of fused-ring (bicyclic) bond motifs is 2. The summed E-state index contributed by atoms with van der Waals surface area (Å²) in [4.78, 5) is 0. The van der Waals surface area contributed by atoms with Crippen LogP contribution in [0.25, 0.3) is 0 Å². The molecule has 0 heterocycles. The van der Waals surface area contributed by atoms with Crippen LogP contribution in [0.5, 0.6) is 0 Å². The molecule has 0 radical (unpaired) electrons. The van der Waals surface area contributed by atoms with Crippen molar-refractivity contribution in [3.8, 4) is 0 Å². The quantitative estimate of drug-likeness (QED) is 0.546. The molecule has 0 heteroatoms. The van der Waals surface area contributed by atoms with E-state index in [2.05, 4.69) is 6.92 Å². The number of hydrogen-bond donors (Lipinski definition) is 0. The van der Waals surface area contributed by atoms with E-state index in [1.54, 1.807) is 64.2 Å². The minimum atomic E-state index is 1.08. The van der Waals surface area contributed by atoms with Gasteiger partial charge in [-0.3, -0.25) is 0 Å². The van der Waals surface area contributed by atoms with Crippen molar-refractivity contribution in [1.82, 2.24) is 0 Å². The highest BCUT2D eigenvalue weighted by molar-refractivity contribution is 4.93. The van der Waals surface area contributed by atoms with Crippen LogP contribution in [0.2, 0.25) is 0 Å². The van der Waals surface area contributed by atoms with E-state index in [4.69, 9.17) is 0 Å². The average molecular weight is 246 g/mol. The van der Waals surface area contributed by atoms with Gasteiger partial charge in [-0.15, -0.1) is 0 Å². The Hall–Kier alpha value is 0. The fourth-order valence-electron chi connectivity index (χ4n) is 6.55. The third kappa shape index (κ3) is 2.14. The van der Waals surface area contributed by atoms with E-state index in [9.17, 15) is 0 Å². The summed E-state index contributed by atoms with van der Waals surface area (Å²) in [5.41, 5.74) is 0. The SMILES string of the molecule is C1C2CC3CC1CC(C2)C3.CC1CC2CCC1C2. The fraction of sp³-hybridized carbons (Fsp3) is 1.00. The largest absolute Gasteiger partial charge is 0.0622 e. The smallest absolute Gasteiger partial charge is 0.0386 e. The Morgan fingerprint density at radius 2 is 1.00 bits per heavy atom. The summed E-state index contributed by atoms with van der Waals surface area (Å²) in [6, 6.07) is 0. The maximum absolute atomic E-state index is 2.42. The predicted octanol–water partition coefficient (Wildman–Crippen LogP) is 5.28. The molecular weight excluding hydrogens is 216 g/mol. The van der Waals surface area contributed by atoms with Crippen LogP contribution < -0.4 is 0 Å². The summed E-state index contributed by atoms with van der Waals surface area (Å²) < 4.78 is 0. The lowest BCUT2D eigenvalue weighted by molar-refractivity contribution is 0.0198. The first-order valence-corrected chi connectivity index (χ1v) is 8.76. The van der Waals surface area contributed by atoms with Gasteiger partial charge in [0.2, 0.25) is 0 Å². The maximum atomic E-state index is 2.42. The predicted molar refractivity (Wildman–Crippen MR) is 76.3 cm³/mol. The first-order chi connectivity index (χ1) is 8.76. The molecular formula is C18H30. The van der Waals surface area contributed by atoms with Crippen LogP contribution >= 0.6 is 0 Å². The van der Waals surface area contributed by atoms with Gasteiger partial charge in [0.25, 0.3) is 0 Å². The molecule has 6 aliphatic carbocycles. The van der Waals surface area contributed by atoms with Gasteiger partial charge in [0, 0.05) is 0 Å². The summed E-state index contributed by atoms with van der Waals surface area (Å²) in [5, 5.41) is 0. The molecule has 0 aliphatic heterocycles. The van der Waals surface area contributed by atoms with Gasteiger partial charge >= 0.3 is 0 Å². The van der Waals surface area contributed by atoms with Gasteiger partial charge < -0.3 is 0 Å². The lowest BCUT2D eigenvalue weighted by Gasteiger charge is -2.49. The Balaban J connectivity index is 0.000000101. The van der Waals surface area contributed by atoms with E-state index in [1.807, 2.05) is 0 Å². The number of hydrogen-bond acceptors (Lipinski definition) is 0. The molecule has 3 unspecified atom stereocenters. The minimum Gasteiger partial charge on any atom is -0.0622 e. The first kappa shape index (κ1) is 11.8. The fourth-order valence-corrected chi connectivity index (χ4v) is 6.55. The molecule has 0 aromatic rings. The Morgan fingerprint density at radius 1 is 0.500 bits per heavy atom. The number of rotatable bonds is 0. The Kier molecular flexibility index (Phi) is 2.97. The lowest BCUT2D eigenvalue weighted by atomic mass is 9.56. The van der Waals surface area contributed by atoms with E-state index in [0.717, 1.165) is 17.8 Å². The van der Waals surface area contributed by atoms with Crippen molar-refractivity contribution in [3.05, 3.63) is 0 Å². The highest BCUT2D eigenvalue weighted by Crippen LogP contribution is 2.53. The van der Waals surface area contributed by atoms with Crippen molar-refractivity contribution in [2.75, 3.05) is 0 Å². The normalized spacial score (nSPS) is 55.5. The van der Waals surface area contributed by atoms with Crippen LogP contribution in [0, 0.1) is 41.4 Å². The molecule has 102 valence electrons. The zero-order valence-electron chi connectivity index (χ0n) is 12.1. The molecule has 6 bridgehead atoms. The first-order valence-electron chi connectivity index (χ1n) is 8.76. The molecule has 6 rings (SSSR count). The molecule has 18 heavy (non-hydrogen) atoms. The summed E-state index contributed by atoms with van der Waals surface area (Å²) in [6.07, 6.45) is 15.8. The second-order valence-corrected chi connectivity index (χ2v) is 8.53. The van der Waals surface area contributed by atoms with Gasteiger partial charge in [-0.1, -0.05) is 13.3 Å². The van der Waals surface area contributed by atoms with Gasteiger partial charge in [-0.25, -0.2) is 0 Å².